The number of rotatable bonds is 1. The Morgan fingerprint density at radius 2 is 3.33 bits per heavy atom. The molecule has 1 atom stereocenters. The van der Waals surface area contributed by atoms with E-state index in [-0.39, 0.29) is 6.05 Å². The third kappa shape index (κ3) is 0.518. The lowest BCUT2D eigenvalue weighted by Gasteiger charge is -2.05. The van der Waals surface area contributed by atoms with Gasteiger partial charge in [-0.1, -0.05) is 6.05 Å². The summed E-state index contributed by atoms with van der Waals surface area (Å²) >= 11 is 0. The highest BCUT2D eigenvalue weighted by Crippen LogP contribution is 2.01. The number of aliphatic hydroxyl groups is 1. The summed E-state index contributed by atoms with van der Waals surface area (Å²) in [5.41, 5.74) is 0. The predicted octanol–water partition coefficient (Wildman–Crippen LogP) is 0.0530. The Bertz CT molecular complexity index is 113. The van der Waals surface area contributed by atoms with Gasteiger partial charge in [-0.05, 0) is 6.10 Å². The molecule has 0 saturated heterocycles. The second-order valence-electron chi connectivity index (χ2n) is 0.977. The van der Waals surface area contributed by atoms with Crippen LogP contribution in [0.3, 0.4) is 0 Å². The van der Waals surface area contributed by atoms with Gasteiger partial charge >= 0.3 is 0 Å². The smallest absolute Gasteiger partial charge is 0.207 e. The molecule has 0 radical (unpaired) electrons. The molecule has 34 valence electrons. The van der Waals surface area contributed by atoms with Crippen LogP contribution in [0.25, 0.3) is 0 Å². The van der Waals surface area contributed by atoms with Gasteiger partial charge in [0, 0.05) is 6.26 Å². The lowest BCUT2D eigenvalue weighted by Crippen LogP contribution is -1.95. The van der Waals surface area contributed by atoms with E-state index in [0.717, 1.165) is 0 Å². The molecule has 0 fully saturated rings. The summed E-state index contributed by atoms with van der Waals surface area (Å²) in [4.78, 5) is 0. The largest absolute Gasteiger partial charge is 0.665 e. The molecule has 0 saturated carbocycles. The van der Waals surface area contributed by atoms with Crippen molar-refractivity contribution in [3.8, 4) is 0 Å². The Morgan fingerprint density at radius 3 is 3.67 bits per heavy atom. The number of aliphatic hydroxyl groups excluding tert-OH is 1. The second-order valence-corrected chi connectivity index (χ2v) is 0.977. The first-order valence-electron chi connectivity index (χ1n) is 2.53. The van der Waals surface area contributed by atoms with Crippen LogP contribution in [0.4, 0.5) is 0 Å². The van der Waals surface area contributed by atoms with Crippen LogP contribution < -0.4 is 0 Å². The van der Waals surface area contributed by atoms with Crippen LogP contribution in [0, 0.1) is 6.61 Å². The zero-order valence-corrected chi connectivity index (χ0v) is 3.05. The van der Waals surface area contributed by atoms with E-state index in [1.807, 2.05) is 0 Å². The van der Waals surface area contributed by atoms with Crippen LogP contribution in [0.1, 0.15) is 1.37 Å². The molecule has 1 unspecified atom stereocenters. The van der Waals surface area contributed by atoms with Crippen molar-refractivity contribution in [1.29, 1.82) is 1.43 Å². The Hall–Kier alpha value is -0.500. The molecule has 1 heterocycles. The van der Waals surface area contributed by atoms with Crippen molar-refractivity contribution in [2.75, 3.05) is 0 Å². The summed E-state index contributed by atoms with van der Waals surface area (Å²) < 4.78 is 17.8. The van der Waals surface area contributed by atoms with E-state index in [9.17, 15) is 0 Å². The molecule has 1 aliphatic heterocycles. The summed E-state index contributed by atoms with van der Waals surface area (Å²) in [5, 5.41) is 4.04. The van der Waals surface area contributed by atoms with Gasteiger partial charge < -0.3 is 9.85 Å². The number of hydrogen-bond acceptors (Lipinski definition) is 2. The standard InChI is InChI=1S/C4H5O2/c5-4-1-2-6-3-4/h1-5H/q-1/i1D,5D. The summed E-state index contributed by atoms with van der Waals surface area (Å²) in [6, 6.07) is 0.181. The van der Waals surface area contributed by atoms with Crippen molar-refractivity contribution < 1.29 is 11.2 Å². The van der Waals surface area contributed by atoms with Gasteiger partial charge in [-0.25, -0.2) is 0 Å². The van der Waals surface area contributed by atoms with E-state index in [0.29, 0.717) is 0 Å². The fourth-order valence-electron chi connectivity index (χ4n) is 0.256. The Balaban J connectivity index is 2.46. The molecule has 0 aliphatic carbocycles. The summed E-state index contributed by atoms with van der Waals surface area (Å²) in [6.45, 7) is 1.29. The van der Waals surface area contributed by atoms with Gasteiger partial charge in [0.15, 0.2) is 0 Å². The first-order valence-corrected chi connectivity index (χ1v) is 1.62. The molecule has 2 nitrogen and oxygen atoms in total. The topological polar surface area (TPSA) is 29.5 Å². The van der Waals surface area contributed by atoms with Crippen LogP contribution in [-0.4, -0.2) is 12.6 Å². The summed E-state index contributed by atoms with van der Waals surface area (Å²) in [7, 11) is 0. The first kappa shape index (κ1) is 1.98. The van der Waals surface area contributed by atoms with Crippen LogP contribution in [0.2, 0.25) is 0 Å². The monoisotopic (exact) mass is 87.0 g/mol. The van der Waals surface area contributed by atoms with E-state index in [4.69, 9.17) is 2.80 Å². The summed E-state index contributed by atoms with van der Waals surface area (Å²) in [5.74, 6) is 0. The molecule has 2 heteroatoms. The molecule has 0 amide bonds. The van der Waals surface area contributed by atoms with Gasteiger partial charge in [0.2, 0.25) is 1.43 Å². The molecule has 1 N–H and O–H groups in total. The van der Waals surface area contributed by atoms with Crippen LogP contribution in [0.15, 0.2) is 12.3 Å². The minimum atomic E-state index is -0.588. The van der Waals surface area contributed by atoms with Gasteiger partial charge in [0.25, 0.3) is 0 Å². The van der Waals surface area contributed by atoms with Crippen molar-refractivity contribution in [3.63, 3.8) is 0 Å². The normalized spacial score (nSPS) is 36.7. The van der Waals surface area contributed by atoms with Crippen molar-refractivity contribution >= 4 is 0 Å². The molecule has 0 aromatic heterocycles. The maximum Gasteiger partial charge on any atom is 0.207 e. The highest BCUT2D eigenvalue weighted by atomic mass is 16.5. The Kier molecular flexibility index (Phi) is 0.431. The zero-order chi connectivity index (χ0) is 5.98. The average Bonchev–Trinajstić information content (AvgIpc) is 2.14. The molecular weight excluding hydrogens is 80.0 g/mol. The Morgan fingerprint density at radius 1 is 2.33 bits per heavy atom. The molecule has 6 heavy (non-hydrogen) atoms. The summed E-state index contributed by atoms with van der Waals surface area (Å²) in [6.07, 6.45) is 0.647. The second kappa shape index (κ2) is 1.30. The maximum absolute atomic E-state index is 6.95. The lowest BCUT2D eigenvalue weighted by molar-refractivity contribution is 0.200. The number of hydrogen-bond donors (Lipinski definition) is 1. The predicted molar refractivity (Wildman–Crippen MR) is 20.5 cm³/mol. The van der Waals surface area contributed by atoms with Crippen molar-refractivity contribution in [1.82, 2.24) is 0 Å². The van der Waals surface area contributed by atoms with Crippen molar-refractivity contribution in [2.24, 2.45) is 0 Å². The molecule has 0 aromatic rings. The van der Waals surface area contributed by atoms with Gasteiger partial charge in [-0.3, -0.25) is 0 Å². The van der Waals surface area contributed by atoms with Crippen LogP contribution in [0.5, 0.6) is 0 Å². The minimum Gasteiger partial charge on any atom is -0.665 e. The zero-order valence-electron chi connectivity index (χ0n) is 5.05. The minimum absolute atomic E-state index is 0.181. The number of ether oxygens (including phenoxy) is 1. The fraction of sp³-hybridized carbons (Fsp3) is 0.250. The molecule has 0 bridgehead atoms. The highest BCUT2D eigenvalue weighted by molar-refractivity contribution is 4.95. The quantitative estimate of drug-likeness (QED) is 0.458. The average molecular weight is 87.1 g/mol. The van der Waals surface area contributed by atoms with Gasteiger partial charge in [-0.2, -0.15) is 0 Å². The van der Waals surface area contributed by atoms with E-state index >= 15 is 0 Å². The molecule has 0 spiro atoms. The van der Waals surface area contributed by atoms with E-state index in [1.54, 1.807) is 0 Å². The molecular formula is C4H5O2-. The van der Waals surface area contributed by atoms with E-state index < -0.39 is 6.10 Å². The van der Waals surface area contributed by atoms with Crippen LogP contribution >= 0.6 is 0 Å². The fourth-order valence-corrected chi connectivity index (χ4v) is 0.256. The van der Waals surface area contributed by atoms with Gasteiger partial charge in [0.1, 0.15) is 0 Å². The van der Waals surface area contributed by atoms with E-state index in [1.165, 1.54) is 12.9 Å². The maximum atomic E-state index is 6.95. The highest BCUT2D eigenvalue weighted by Gasteiger charge is 1.89. The third-order valence-corrected chi connectivity index (χ3v) is 0.503. The van der Waals surface area contributed by atoms with Crippen molar-refractivity contribution in [3.05, 3.63) is 18.9 Å². The van der Waals surface area contributed by atoms with Crippen LogP contribution in [-0.2, 0) is 4.74 Å². The first-order chi connectivity index (χ1) is 3.84. The Labute approximate surface area is 38.9 Å². The molecule has 1 rings (SSSR count). The van der Waals surface area contributed by atoms with Gasteiger partial charge in [0.05, 0.1) is 1.37 Å². The molecule has 0 aromatic carbocycles. The third-order valence-electron chi connectivity index (χ3n) is 0.503. The van der Waals surface area contributed by atoms with E-state index in [2.05, 4.69) is 9.85 Å². The lowest BCUT2D eigenvalue weighted by atomic mass is 10.4. The van der Waals surface area contributed by atoms with Gasteiger partial charge in [-0.15, -0.1) is 6.61 Å². The van der Waals surface area contributed by atoms with Crippen molar-refractivity contribution in [2.45, 2.75) is 6.10 Å². The molecule has 1 aliphatic rings. The SMILES string of the molecule is [2H]OC1[CH-]OC=C1[2H].